The van der Waals surface area contributed by atoms with Gasteiger partial charge in [-0.3, -0.25) is 9.28 Å². The maximum absolute atomic E-state index is 10.3. The van der Waals surface area contributed by atoms with E-state index in [1.807, 2.05) is 13.8 Å². The Balaban J connectivity index is 0.00000246. The summed E-state index contributed by atoms with van der Waals surface area (Å²) in [5.74, 6) is 1.43. The van der Waals surface area contributed by atoms with E-state index in [-0.39, 0.29) is 6.47 Å². The Hall–Kier alpha value is -1.84. The van der Waals surface area contributed by atoms with Crippen molar-refractivity contribution in [1.82, 2.24) is 8.75 Å². The molecule has 9 heteroatoms. The number of ether oxygens (including phenoxy) is 2. The molecule has 8 nitrogen and oxygen atoms in total. The highest BCUT2D eigenvalue weighted by molar-refractivity contribution is 6.99. The van der Waals surface area contributed by atoms with Crippen LogP contribution in [-0.4, -0.2) is 70.7 Å². The Kier molecular flexibility index (Phi) is 30.3. The summed E-state index contributed by atoms with van der Waals surface area (Å²) in [4.78, 5) is 18.7. The first-order valence-corrected chi connectivity index (χ1v) is 21.9. The van der Waals surface area contributed by atoms with Gasteiger partial charge in [0.1, 0.15) is 18.5 Å². The molecule has 296 valence electrons. The lowest BCUT2D eigenvalue weighted by molar-refractivity contribution is -0.954. The number of carbonyl (C=O) groups is 2. The Morgan fingerprint density at radius 3 is 1.82 bits per heavy atom. The molecular formula is C42H78N3O5S+. The van der Waals surface area contributed by atoms with Crippen LogP contribution in [0.1, 0.15) is 193 Å². The van der Waals surface area contributed by atoms with Crippen LogP contribution in [0.2, 0.25) is 0 Å². The fourth-order valence-electron chi connectivity index (χ4n) is 7.36. The molecule has 1 aromatic rings. The molecule has 2 aliphatic rings. The van der Waals surface area contributed by atoms with Gasteiger partial charge < -0.3 is 19.4 Å². The predicted octanol–water partition coefficient (Wildman–Crippen LogP) is 11.8. The number of nitrogens with zero attached hydrogens (tertiary/aromatic N) is 3. The van der Waals surface area contributed by atoms with Crippen LogP contribution in [0.3, 0.4) is 0 Å². The monoisotopic (exact) mass is 737 g/mol. The third-order valence-electron chi connectivity index (χ3n) is 10.5. The molecule has 0 bridgehead atoms. The second kappa shape index (κ2) is 32.8. The van der Waals surface area contributed by atoms with Gasteiger partial charge in [0, 0.05) is 24.3 Å². The quantitative estimate of drug-likeness (QED) is 0.0477. The lowest BCUT2D eigenvalue weighted by atomic mass is 9.82. The third kappa shape index (κ3) is 21.5. The number of hydrogen-bond acceptors (Lipinski definition) is 7. The zero-order valence-electron chi connectivity index (χ0n) is 33.4. The Morgan fingerprint density at radius 2 is 1.31 bits per heavy atom. The molecule has 2 unspecified atom stereocenters. The van der Waals surface area contributed by atoms with Gasteiger partial charge in [-0.2, -0.15) is 4.37 Å². The van der Waals surface area contributed by atoms with E-state index < -0.39 is 0 Å². The average molecular weight is 737 g/mol. The molecule has 0 radical (unpaired) electrons. The van der Waals surface area contributed by atoms with E-state index in [9.17, 15) is 4.79 Å². The maximum Gasteiger partial charge on any atom is 0.290 e. The minimum absolute atomic E-state index is 0.250. The van der Waals surface area contributed by atoms with Crippen LogP contribution in [0.5, 0.6) is 5.88 Å². The molecule has 2 atom stereocenters. The molecule has 0 spiro atoms. The summed E-state index contributed by atoms with van der Waals surface area (Å²) < 4.78 is 23.1. The van der Waals surface area contributed by atoms with Crippen molar-refractivity contribution >= 4 is 30.1 Å². The van der Waals surface area contributed by atoms with Gasteiger partial charge in [0.05, 0.1) is 38.5 Å². The highest BCUT2D eigenvalue weighted by Crippen LogP contribution is 2.39. The summed E-state index contributed by atoms with van der Waals surface area (Å²) in [6.07, 6.45) is 37.2. The molecule has 0 saturated heterocycles. The molecule has 1 saturated carbocycles. The number of rotatable bonds is 30. The van der Waals surface area contributed by atoms with E-state index in [2.05, 4.69) is 24.4 Å². The van der Waals surface area contributed by atoms with Crippen molar-refractivity contribution in [3.05, 3.63) is 11.8 Å². The smallest absolute Gasteiger partial charge is 0.290 e. The summed E-state index contributed by atoms with van der Waals surface area (Å²) in [6.45, 7) is 9.73. The second-order valence-electron chi connectivity index (χ2n) is 14.7. The van der Waals surface area contributed by atoms with Crippen molar-refractivity contribution in [2.24, 2.45) is 5.92 Å². The van der Waals surface area contributed by atoms with Crippen LogP contribution >= 0.6 is 11.7 Å². The fourth-order valence-corrected chi connectivity index (χ4v) is 7.89. The Bertz CT molecular complexity index is 985. The molecule has 3 rings (SSSR count). The zero-order chi connectivity index (χ0) is 37.3. The summed E-state index contributed by atoms with van der Waals surface area (Å²) in [7, 11) is 2.42. The molecule has 1 aromatic heterocycles. The summed E-state index contributed by atoms with van der Waals surface area (Å²) >= 11 is 1.28. The van der Waals surface area contributed by atoms with Crippen LogP contribution in [-0.2, 0) is 14.3 Å². The van der Waals surface area contributed by atoms with E-state index in [1.165, 1.54) is 159 Å². The number of carboxylic acid groups (broad SMARTS) is 1. The van der Waals surface area contributed by atoms with Crippen molar-refractivity contribution in [1.29, 1.82) is 0 Å². The largest absolute Gasteiger partial charge is 0.483 e. The van der Waals surface area contributed by atoms with Gasteiger partial charge >= 0.3 is 0 Å². The minimum atomic E-state index is -0.250. The molecular weight excluding hydrogens is 659 g/mol. The molecule has 0 amide bonds. The van der Waals surface area contributed by atoms with Gasteiger partial charge in [0.25, 0.3) is 12.4 Å². The van der Waals surface area contributed by atoms with E-state index in [0.717, 1.165) is 74.3 Å². The van der Waals surface area contributed by atoms with E-state index in [4.69, 9.17) is 23.7 Å². The third-order valence-corrected chi connectivity index (χ3v) is 11.0. The number of aldehydes is 1. The first kappa shape index (κ1) is 47.2. The molecule has 51 heavy (non-hydrogen) atoms. The molecule has 1 aliphatic heterocycles. The SMILES string of the molecule is CC.CCCCCCOc1nsnc1C1=CCC[N+](C)(C(OCCCCCCCCCCCCCCCCCCCC=O)C2CCC2)C1.O=CO. The van der Waals surface area contributed by atoms with Gasteiger partial charge in [-0.15, -0.1) is 4.37 Å². The van der Waals surface area contributed by atoms with Crippen LogP contribution in [0.15, 0.2) is 6.08 Å². The van der Waals surface area contributed by atoms with Crippen LogP contribution < -0.4 is 4.74 Å². The Morgan fingerprint density at radius 1 is 0.804 bits per heavy atom. The van der Waals surface area contributed by atoms with Crippen molar-refractivity contribution < 1.29 is 28.7 Å². The first-order chi connectivity index (χ1) is 25.1. The number of quaternary nitrogens is 1. The highest BCUT2D eigenvalue weighted by Gasteiger charge is 2.44. The van der Waals surface area contributed by atoms with Gasteiger partial charge in [-0.1, -0.05) is 149 Å². The van der Waals surface area contributed by atoms with Crippen LogP contribution in [0.4, 0.5) is 0 Å². The normalized spacial score (nSPS) is 17.6. The topological polar surface area (TPSA) is 98.6 Å². The summed E-state index contributed by atoms with van der Waals surface area (Å²) in [5, 5.41) is 6.89. The lowest BCUT2D eigenvalue weighted by Gasteiger charge is -2.48. The number of aromatic nitrogens is 2. The van der Waals surface area contributed by atoms with Gasteiger partial charge in [-0.25, -0.2) is 0 Å². The van der Waals surface area contributed by atoms with E-state index in [1.54, 1.807) is 0 Å². The number of likely N-dealkylation sites (N-methyl/N-ethyl adjacent to an activating group) is 1. The minimum Gasteiger partial charge on any atom is -0.483 e. The molecule has 1 aliphatic carbocycles. The van der Waals surface area contributed by atoms with Crippen LogP contribution in [0, 0.1) is 5.92 Å². The van der Waals surface area contributed by atoms with E-state index in [0.29, 0.717) is 12.1 Å². The van der Waals surface area contributed by atoms with Crippen molar-refractivity contribution in [2.75, 3.05) is 33.4 Å². The molecule has 1 fully saturated rings. The number of carbonyl (C=O) groups excluding carboxylic acids is 1. The van der Waals surface area contributed by atoms with Crippen molar-refractivity contribution in [2.45, 2.75) is 194 Å². The maximum atomic E-state index is 10.3. The van der Waals surface area contributed by atoms with E-state index >= 15 is 0 Å². The fraction of sp³-hybridized carbons (Fsp3) is 0.857. The molecule has 1 N–H and O–H groups in total. The van der Waals surface area contributed by atoms with Crippen molar-refractivity contribution in [3.63, 3.8) is 0 Å². The number of unbranched alkanes of at least 4 members (excludes halogenated alkanes) is 20. The molecule has 2 heterocycles. The first-order valence-electron chi connectivity index (χ1n) is 21.2. The lowest BCUT2D eigenvalue weighted by Crippen LogP contribution is -2.59. The molecule has 0 aromatic carbocycles. The number of hydrogen-bond donors (Lipinski definition) is 1. The van der Waals surface area contributed by atoms with Crippen molar-refractivity contribution in [3.8, 4) is 5.88 Å². The summed E-state index contributed by atoms with van der Waals surface area (Å²) in [5.41, 5.74) is 2.27. The van der Waals surface area contributed by atoms with Gasteiger partial charge in [0.15, 0.2) is 6.23 Å². The second-order valence-corrected chi connectivity index (χ2v) is 15.3. The van der Waals surface area contributed by atoms with Gasteiger partial charge in [-0.05, 0) is 32.1 Å². The Labute approximate surface area is 317 Å². The standard InChI is InChI=1S/C39H70N3O3S.C2H6.CH2O2/c1-3-4-5-23-32-44-38-37(40-46-41-38)36-29-26-30-42(2,34-36)39(35-27-25-28-35)45-33-24-21-19-17-15-13-11-9-7-6-8-10-12-14-16-18-20-22-31-43;1-2;2-1-3/h29,31,35,39H,3-28,30,32-34H2,1-2H3;1-2H3;1H,(H,2,3)/q+1;;. The highest BCUT2D eigenvalue weighted by atomic mass is 32.1. The summed E-state index contributed by atoms with van der Waals surface area (Å²) in [6, 6.07) is 0. The van der Waals surface area contributed by atoms with Crippen LogP contribution in [0.25, 0.3) is 5.57 Å². The predicted molar refractivity (Wildman–Crippen MR) is 214 cm³/mol. The average Bonchev–Trinajstić information content (AvgIpc) is 3.59. The zero-order valence-corrected chi connectivity index (χ0v) is 34.2. The van der Waals surface area contributed by atoms with Gasteiger partial charge in [0.2, 0.25) is 0 Å².